The molecular formula is C19H33ClN8O2. The van der Waals surface area contributed by atoms with Crippen LogP contribution < -0.4 is 32.3 Å². The van der Waals surface area contributed by atoms with Crippen LogP contribution in [0.25, 0.3) is 0 Å². The number of aliphatic hydroxyl groups excluding tert-OH is 1. The predicted octanol–water partition coefficient (Wildman–Crippen LogP) is -1.49. The van der Waals surface area contributed by atoms with Crippen LogP contribution >= 0.6 is 11.6 Å². The van der Waals surface area contributed by atoms with Crippen molar-refractivity contribution in [3.8, 4) is 0 Å². The first kappa shape index (κ1) is 23.1. The number of carbonyl (C=O) groups is 1. The molecular weight excluding hydrogens is 408 g/mol. The monoisotopic (exact) mass is 440 g/mol. The lowest BCUT2D eigenvalue weighted by Gasteiger charge is -2.40. The normalized spacial score (nSPS) is 28.6. The molecule has 0 aromatic carbocycles. The SMILES string of the molecule is CN(C)[C@H]1CCN(c2ccncc2NC(=O)C(C(N)N)C2NCC(Cl)CN2)C[C@@H]1O. The Morgan fingerprint density at radius 1 is 1.40 bits per heavy atom. The van der Waals surface area contributed by atoms with Gasteiger partial charge in [-0.05, 0) is 26.6 Å². The van der Waals surface area contributed by atoms with Gasteiger partial charge < -0.3 is 31.7 Å². The molecule has 0 aliphatic carbocycles. The number of hydrogen-bond acceptors (Lipinski definition) is 9. The van der Waals surface area contributed by atoms with Crippen LogP contribution in [0.5, 0.6) is 0 Å². The first-order chi connectivity index (χ1) is 14.3. The van der Waals surface area contributed by atoms with Gasteiger partial charge in [0, 0.05) is 38.4 Å². The number of pyridine rings is 1. The van der Waals surface area contributed by atoms with E-state index in [4.69, 9.17) is 23.1 Å². The third-order valence-electron chi connectivity index (χ3n) is 5.80. The number of alkyl halides is 1. The van der Waals surface area contributed by atoms with Gasteiger partial charge in [-0.15, -0.1) is 11.6 Å². The number of hydrogen-bond donors (Lipinski definition) is 6. The van der Waals surface area contributed by atoms with E-state index in [1.807, 2.05) is 25.1 Å². The highest BCUT2D eigenvalue weighted by Gasteiger charge is 2.35. The smallest absolute Gasteiger partial charge is 0.233 e. The van der Waals surface area contributed by atoms with Crippen LogP contribution in [0.15, 0.2) is 18.5 Å². The van der Waals surface area contributed by atoms with Crippen molar-refractivity contribution in [2.45, 2.75) is 36.3 Å². The van der Waals surface area contributed by atoms with Gasteiger partial charge in [0.25, 0.3) is 0 Å². The molecule has 3 atom stereocenters. The molecule has 3 rings (SSSR count). The second kappa shape index (κ2) is 10.2. The van der Waals surface area contributed by atoms with Crippen LogP contribution in [0.1, 0.15) is 6.42 Å². The van der Waals surface area contributed by atoms with E-state index in [2.05, 4.69) is 25.8 Å². The van der Waals surface area contributed by atoms with Crippen LogP contribution in [0, 0.1) is 5.92 Å². The molecule has 8 N–H and O–H groups in total. The summed E-state index contributed by atoms with van der Waals surface area (Å²) in [4.78, 5) is 21.4. The molecule has 2 saturated heterocycles. The number of halogens is 1. The Hall–Kier alpha value is -1.53. The fraction of sp³-hybridized carbons (Fsp3) is 0.684. The Morgan fingerprint density at radius 2 is 2.10 bits per heavy atom. The molecule has 3 heterocycles. The summed E-state index contributed by atoms with van der Waals surface area (Å²) in [5.74, 6) is -1.01. The Morgan fingerprint density at radius 3 is 2.70 bits per heavy atom. The summed E-state index contributed by atoms with van der Waals surface area (Å²) < 4.78 is 0. The molecule has 2 fully saturated rings. The molecule has 0 spiro atoms. The van der Waals surface area contributed by atoms with Gasteiger partial charge in [0.05, 0.1) is 47.3 Å². The van der Waals surface area contributed by atoms with Gasteiger partial charge in [0.15, 0.2) is 0 Å². The van der Waals surface area contributed by atoms with Crippen LogP contribution in [0.3, 0.4) is 0 Å². The third kappa shape index (κ3) is 5.38. The van der Waals surface area contributed by atoms with Crippen molar-refractivity contribution in [3.63, 3.8) is 0 Å². The summed E-state index contributed by atoms with van der Waals surface area (Å²) in [6, 6.07) is 1.94. The number of β-amino-alcohol motifs (C(OH)–C–C–N with tert-alkyl or cyclic N) is 1. The molecule has 1 aromatic heterocycles. The van der Waals surface area contributed by atoms with E-state index in [9.17, 15) is 9.90 Å². The third-order valence-corrected chi connectivity index (χ3v) is 6.11. The Balaban J connectivity index is 1.73. The van der Waals surface area contributed by atoms with Crippen molar-refractivity contribution < 1.29 is 9.90 Å². The lowest BCUT2D eigenvalue weighted by molar-refractivity contribution is -0.121. The summed E-state index contributed by atoms with van der Waals surface area (Å²) in [6.45, 7) is 2.35. The van der Waals surface area contributed by atoms with Crippen molar-refractivity contribution in [1.82, 2.24) is 20.5 Å². The number of carbonyl (C=O) groups excluding carboxylic acids is 1. The highest BCUT2D eigenvalue weighted by atomic mass is 35.5. The quantitative estimate of drug-likeness (QED) is 0.230. The maximum Gasteiger partial charge on any atom is 0.233 e. The van der Waals surface area contributed by atoms with Gasteiger partial charge in [0.2, 0.25) is 5.91 Å². The number of likely N-dealkylation sites (N-methyl/N-ethyl adjacent to an activating group) is 1. The van der Waals surface area contributed by atoms with Crippen LogP contribution in [0.2, 0.25) is 0 Å². The number of piperidine rings is 1. The number of nitrogens with two attached hydrogens (primary N) is 2. The summed E-state index contributed by atoms with van der Waals surface area (Å²) in [6.07, 6.45) is 2.36. The predicted molar refractivity (Wildman–Crippen MR) is 118 cm³/mol. The molecule has 30 heavy (non-hydrogen) atoms. The first-order valence-electron chi connectivity index (χ1n) is 10.2. The van der Waals surface area contributed by atoms with Crippen molar-refractivity contribution >= 4 is 28.9 Å². The maximum atomic E-state index is 13.1. The zero-order valence-electron chi connectivity index (χ0n) is 17.5. The number of anilines is 2. The van der Waals surface area contributed by atoms with Crippen molar-refractivity contribution in [3.05, 3.63) is 18.5 Å². The van der Waals surface area contributed by atoms with E-state index in [0.717, 1.165) is 18.7 Å². The number of rotatable bonds is 6. The van der Waals surface area contributed by atoms with Crippen molar-refractivity contribution in [2.24, 2.45) is 17.4 Å². The summed E-state index contributed by atoms with van der Waals surface area (Å²) in [5.41, 5.74) is 13.3. The molecule has 2 aliphatic rings. The lowest BCUT2D eigenvalue weighted by Crippen LogP contribution is -2.64. The molecule has 11 heteroatoms. The van der Waals surface area contributed by atoms with E-state index >= 15 is 0 Å². The van der Waals surface area contributed by atoms with E-state index in [-0.39, 0.29) is 23.5 Å². The standard InChI is InChI=1S/C19H33ClN8O2/c1-27(2)14-4-6-28(10-15(14)29)13-3-5-23-9-12(13)26-19(30)16(17(21)22)18-24-7-11(20)8-25-18/h3,5,9,11,14-18,24-25,29H,4,6-8,10,21-22H2,1-2H3,(H,26,30)/t11?,14-,15-,16?,18?/m0/s1. The van der Waals surface area contributed by atoms with Crippen molar-refractivity contribution in [2.75, 3.05) is 50.5 Å². The number of aliphatic hydroxyl groups is 1. The fourth-order valence-electron chi connectivity index (χ4n) is 4.17. The number of amides is 1. The van der Waals surface area contributed by atoms with Crippen LogP contribution in [-0.2, 0) is 4.79 Å². The van der Waals surface area contributed by atoms with Gasteiger partial charge in [-0.25, -0.2) is 0 Å². The molecule has 1 amide bonds. The summed E-state index contributed by atoms with van der Waals surface area (Å²) in [5, 5.41) is 19.8. The zero-order valence-corrected chi connectivity index (χ0v) is 18.2. The van der Waals surface area contributed by atoms with Gasteiger partial charge in [-0.2, -0.15) is 0 Å². The molecule has 2 aliphatic heterocycles. The Labute approximate surface area is 182 Å². The van der Waals surface area contributed by atoms with Gasteiger partial charge in [0.1, 0.15) is 0 Å². The number of aromatic nitrogens is 1. The van der Waals surface area contributed by atoms with Crippen LogP contribution in [0.4, 0.5) is 11.4 Å². The minimum Gasteiger partial charge on any atom is -0.390 e. The lowest BCUT2D eigenvalue weighted by atomic mass is 9.99. The van der Waals surface area contributed by atoms with Gasteiger partial charge >= 0.3 is 0 Å². The molecule has 168 valence electrons. The van der Waals surface area contributed by atoms with E-state index in [1.165, 1.54) is 0 Å². The average molecular weight is 441 g/mol. The number of nitrogens with one attached hydrogen (secondary N) is 3. The van der Waals surface area contributed by atoms with E-state index in [0.29, 0.717) is 25.3 Å². The summed E-state index contributed by atoms with van der Waals surface area (Å²) in [7, 11) is 3.94. The van der Waals surface area contributed by atoms with Crippen LogP contribution in [-0.4, -0.2) is 91.0 Å². The molecule has 0 saturated carbocycles. The highest BCUT2D eigenvalue weighted by molar-refractivity contribution is 6.21. The zero-order chi connectivity index (χ0) is 21.8. The second-order valence-corrected chi connectivity index (χ2v) is 8.83. The first-order valence-corrected chi connectivity index (χ1v) is 10.7. The minimum atomic E-state index is -0.861. The van der Waals surface area contributed by atoms with E-state index < -0.39 is 18.2 Å². The highest BCUT2D eigenvalue weighted by Crippen LogP contribution is 2.29. The summed E-state index contributed by atoms with van der Waals surface area (Å²) >= 11 is 6.10. The van der Waals surface area contributed by atoms with Crippen molar-refractivity contribution in [1.29, 1.82) is 0 Å². The molecule has 10 nitrogen and oxygen atoms in total. The molecule has 0 bridgehead atoms. The fourth-order valence-corrected chi connectivity index (χ4v) is 4.35. The number of nitrogens with zero attached hydrogens (tertiary/aromatic N) is 3. The minimum absolute atomic E-state index is 0.0552. The Kier molecular flexibility index (Phi) is 7.86. The average Bonchev–Trinajstić information content (AvgIpc) is 2.69. The second-order valence-electron chi connectivity index (χ2n) is 8.21. The van der Waals surface area contributed by atoms with Gasteiger partial charge in [-0.3, -0.25) is 20.4 Å². The molecule has 1 unspecified atom stereocenters. The maximum absolute atomic E-state index is 13.1. The molecule has 1 aromatic rings. The Bertz CT molecular complexity index is 714. The largest absolute Gasteiger partial charge is 0.390 e. The molecule has 0 radical (unpaired) electrons. The van der Waals surface area contributed by atoms with E-state index in [1.54, 1.807) is 12.4 Å². The topological polar surface area (TPSA) is 145 Å². The van der Waals surface area contributed by atoms with Gasteiger partial charge in [-0.1, -0.05) is 0 Å².